The summed E-state index contributed by atoms with van der Waals surface area (Å²) >= 11 is 0. The third-order valence-corrected chi connectivity index (χ3v) is 5.09. The van der Waals surface area contributed by atoms with Gasteiger partial charge in [-0.2, -0.15) is 0 Å². The van der Waals surface area contributed by atoms with E-state index in [0.717, 1.165) is 22.3 Å². The molecule has 0 saturated carbocycles. The molecule has 0 radical (unpaired) electrons. The van der Waals surface area contributed by atoms with Crippen molar-refractivity contribution in [2.24, 2.45) is 0 Å². The SMILES string of the molecule is O=POC(c1ccc(-c2ccccc2)cc1)c1ccc(-c2ccccc2)cc1. The second kappa shape index (κ2) is 8.75. The van der Waals surface area contributed by atoms with Crippen molar-refractivity contribution in [2.75, 3.05) is 0 Å². The van der Waals surface area contributed by atoms with E-state index in [1.54, 1.807) is 0 Å². The van der Waals surface area contributed by atoms with E-state index < -0.39 is 0 Å². The van der Waals surface area contributed by atoms with Crippen LogP contribution in [0.2, 0.25) is 0 Å². The van der Waals surface area contributed by atoms with Crippen LogP contribution in [0.4, 0.5) is 0 Å². The van der Waals surface area contributed by atoms with Crippen molar-refractivity contribution in [3.63, 3.8) is 0 Å². The number of hydrogen-bond donors (Lipinski definition) is 0. The molecule has 0 heterocycles. The van der Waals surface area contributed by atoms with E-state index in [0.29, 0.717) is 0 Å². The zero-order valence-electron chi connectivity index (χ0n) is 15.2. The summed E-state index contributed by atoms with van der Waals surface area (Å²) in [5, 5.41) is 0. The predicted molar refractivity (Wildman–Crippen MR) is 114 cm³/mol. The van der Waals surface area contributed by atoms with Crippen molar-refractivity contribution in [1.29, 1.82) is 0 Å². The molecule has 0 aromatic heterocycles. The van der Waals surface area contributed by atoms with E-state index >= 15 is 0 Å². The highest BCUT2D eigenvalue weighted by atomic mass is 31.1. The smallest absolute Gasteiger partial charge is 0.281 e. The fourth-order valence-corrected chi connectivity index (χ4v) is 3.65. The van der Waals surface area contributed by atoms with Gasteiger partial charge in [0.25, 0.3) is 0 Å². The van der Waals surface area contributed by atoms with Gasteiger partial charge in [0.05, 0.1) is 0 Å². The normalized spacial score (nSPS) is 11.0. The number of hydrogen-bond acceptors (Lipinski definition) is 2. The molecule has 0 amide bonds. The molecular weight excluding hydrogens is 363 g/mol. The molecule has 136 valence electrons. The maximum absolute atomic E-state index is 11.2. The van der Waals surface area contributed by atoms with E-state index in [2.05, 4.69) is 48.5 Å². The minimum Gasteiger partial charge on any atom is -0.281 e. The summed E-state index contributed by atoms with van der Waals surface area (Å²) < 4.78 is 16.7. The second-order valence-corrected chi connectivity index (χ2v) is 6.90. The molecule has 0 aliphatic rings. The lowest BCUT2D eigenvalue weighted by atomic mass is 9.96. The topological polar surface area (TPSA) is 26.3 Å². The van der Waals surface area contributed by atoms with Gasteiger partial charge in [0.1, 0.15) is 6.10 Å². The summed E-state index contributed by atoms with van der Waals surface area (Å²) in [6.07, 6.45) is -0.381. The van der Waals surface area contributed by atoms with Crippen molar-refractivity contribution in [1.82, 2.24) is 0 Å². The largest absolute Gasteiger partial charge is 0.328 e. The van der Waals surface area contributed by atoms with Crippen LogP contribution in [0.5, 0.6) is 0 Å². The first kappa shape index (κ1) is 18.3. The molecule has 3 heteroatoms. The zero-order valence-corrected chi connectivity index (χ0v) is 16.1. The maximum Gasteiger partial charge on any atom is 0.328 e. The van der Waals surface area contributed by atoms with Crippen molar-refractivity contribution < 1.29 is 9.09 Å². The summed E-state index contributed by atoms with van der Waals surface area (Å²) in [4.78, 5) is 0. The minimum absolute atomic E-state index is 0.335. The lowest BCUT2D eigenvalue weighted by molar-refractivity contribution is 0.272. The summed E-state index contributed by atoms with van der Waals surface area (Å²) in [5.41, 5.74) is 6.55. The highest BCUT2D eigenvalue weighted by Gasteiger charge is 2.16. The highest BCUT2D eigenvalue weighted by Crippen LogP contribution is 2.32. The fourth-order valence-electron chi connectivity index (χ4n) is 3.32. The standard InChI is InChI=1S/C25H19O2P/c26-28-27-25(23-15-11-21(12-16-23)19-7-3-1-4-8-19)24-17-13-22(14-18-24)20-9-5-2-6-10-20/h1-18,25H. The molecule has 0 spiro atoms. The van der Waals surface area contributed by atoms with Gasteiger partial charge in [-0.1, -0.05) is 109 Å². The molecule has 4 rings (SSSR count). The molecule has 4 aromatic rings. The summed E-state index contributed by atoms with van der Waals surface area (Å²) in [6, 6.07) is 36.9. The quantitative estimate of drug-likeness (QED) is 0.326. The highest BCUT2D eigenvalue weighted by molar-refractivity contribution is 7.17. The van der Waals surface area contributed by atoms with E-state index in [-0.39, 0.29) is 14.8 Å². The van der Waals surface area contributed by atoms with Gasteiger partial charge in [-0.25, -0.2) is 4.57 Å². The van der Waals surface area contributed by atoms with Crippen molar-refractivity contribution >= 4 is 8.69 Å². The maximum atomic E-state index is 11.2. The molecule has 0 fully saturated rings. The van der Waals surface area contributed by atoms with E-state index in [1.165, 1.54) is 11.1 Å². The Kier molecular flexibility index (Phi) is 5.72. The first-order chi connectivity index (χ1) is 13.8. The van der Waals surface area contributed by atoms with E-state index in [4.69, 9.17) is 4.52 Å². The van der Waals surface area contributed by atoms with Gasteiger partial charge in [-0.15, -0.1) is 0 Å². The van der Waals surface area contributed by atoms with Crippen LogP contribution in [0.25, 0.3) is 22.3 Å². The van der Waals surface area contributed by atoms with Crippen LogP contribution in [0.1, 0.15) is 17.2 Å². The number of rotatable bonds is 6. The van der Waals surface area contributed by atoms with Gasteiger partial charge in [0.15, 0.2) is 0 Å². The molecular formula is C25H19O2P. The van der Waals surface area contributed by atoms with E-state index in [1.807, 2.05) is 60.7 Å². The van der Waals surface area contributed by atoms with Gasteiger partial charge in [0.2, 0.25) is 0 Å². The Bertz CT molecular complexity index is 944. The average Bonchev–Trinajstić information content (AvgIpc) is 2.79. The van der Waals surface area contributed by atoms with Crippen LogP contribution in [0.3, 0.4) is 0 Å². The predicted octanol–water partition coefficient (Wildman–Crippen LogP) is 7.33. The Labute approximate surface area is 166 Å². The van der Waals surface area contributed by atoms with Crippen LogP contribution < -0.4 is 0 Å². The van der Waals surface area contributed by atoms with Crippen LogP contribution >= 0.6 is 8.69 Å². The first-order valence-corrected chi connectivity index (χ1v) is 9.87. The lowest BCUT2D eigenvalue weighted by Crippen LogP contribution is -2.01. The molecule has 0 saturated heterocycles. The van der Waals surface area contributed by atoms with Gasteiger partial charge >= 0.3 is 8.69 Å². The van der Waals surface area contributed by atoms with Crippen LogP contribution in [-0.2, 0) is 9.09 Å². The Morgan fingerprint density at radius 3 is 1.21 bits per heavy atom. The molecule has 0 bridgehead atoms. The number of benzene rings is 4. The third-order valence-electron chi connectivity index (χ3n) is 4.79. The molecule has 0 aliphatic carbocycles. The van der Waals surface area contributed by atoms with Crippen LogP contribution in [0.15, 0.2) is 109 Å². The van der Waals surface area contributed by atoms with Gasteiger partial charge in [-0.3, -0.25) is 4.52 Å². The molecule has 0 N–H and O–H groups in total. The second-order valence-electron chi connectivity index (χ2n) is 6.54. The van der Waals surface area contributed by atoms with Gasteiger partial charge in [-0.05, 0) is 33.4 Å². The lowest BCUT2D eigenvalue weighted by Gasteiger charge is -2.16. The molecule has 2 nitrogen and oxygen atoms in total. The van der Waals surface area contributed by atoms with Gasteiger partial charge in [0, 0.05) is 0 Å². The molecule has 28 heavy (non-hydrogen) atoms. The monoisotopic (exact) mass is 382 g/mol. The minimum atomic E-state index is -0.381. The Morgan fingerprint density at radius 1 is 0.500 bits per heavy atom. The molecule has 0 aliphatic heterocycles. The first-order valence-electron chi connectivity index (χ1n) is 9.14. The van der Waals surface area contributed by atoms with Crippen molar-refractivity contribution in [2.45, 2.75) is 6.10 Å². The zero-order chi connectivity index (χ0) is 19.2. The summed E-state index contributed by atoms with van der Waals surface area (Å²) in [6.45, 7) is 0. The summed E-state index contributed by atoms with van der Waals surface area (Å²) in [5.74, 6) is 0. The summed E-state index contributed by atoms with van der Waals surface area (Å²) in [7, 11) is -0.335. The molecule has 4 aromatic carbocycles. The molecule has 0 unspecified atom stereocenters. The third kappa shape index (κ3) is 4.09. The molecule has 0 atom stereocenters. The Morgan fingerprint density at radius 2 is 0.857 bits per heavy atom. The van der Waals surface area contributed by atoms with Crippen molar-refractivity contribution in [3.05, 3.63) is 120 Å². The Balaban J connectivity index is 1.61. The Hall–Kier alpha value is -3.06. The van der Waals surface area contributed by atoms with E-state index in [9.17, 15) is 4.57 Å². The van der Waals surface area contributed by atoms with Crippen molar-refractivity contribution in [3.8, 4) is 22.3 Å². The van der Waals surface area contributed by atoms with Crippen LogP contribution in [-0.4, -0.2) is 0 Å². The van der Waals surface area contributed by atoms with Gasteiger partial charge < -0.3 is 0 Å². The fraction of sp³-hybridized carbons (Fsp3) is 0.0400. The average molecular weight is 382 g/mol. The van der Waals surface area contributed by atoms with Crippen LogP contribution in [0, 0.1) is 0 Å².